The standard InChI is InChI=1S/C21H31N7O2S/c1-14(25-2)11-15(22)21-28(18(13-31-21)20(24)30)17-6-4-3-5-16(17)27-9-7-26(8-10-27)12-19(23)29/h3-6,13-14,21-22,25H,7-12H2,1-2H3,(H2,23,29)(H2,24,30). The van der Waals surface area contributed by atoms with Crippen LogP contribution in [0.15, 0.2) is 35.4 Å². The van der Waals surface area contributed by atoms with E-state index in [1.165, 1.54) is 11.8 Å². The van der Waals surface area contributed by atoms with Gasteiger partial charge in [0.15, 0.2) is 0 Å². The number of amides is 2. The molecule has 2 aliphatic heterocycles. The first-order valence-electron chi connectivity index (χ1n) is 10.4. The van der Waals surface area contributed by atoms with Crippen molar-refractivity contribution in [3.05, 3.63) is 35.4 Å². The van der Waals surface area contributed by atoms with E-state index in [0.29, 0.717) is 17.8 Å². The summed E-state index contributed by atoms with van der Waals surface area (Å²) in [4.78, 5) is 29.6. The van der Waals surface area contributed by atoms with E-state index in [0.717, 1.165) is 37.6 Å². The summed E-state index contributed by atoms with van der Waals surface area (Å²) in [5, 5.41) is 13.3. The third-order valence-electron chi connectivity index (χ3n) is 5.61. The minimum absolute atomic E-state index is 0.154. The van der Waals surface area contributed by atoms with Crippen LogP contribution in [0, 0.1) is 5.41 Å². The normalized spacial score (nSPS) is 20.5. The Hall–Kier alpha value is -2.56. The first kappa shape index (κ1) is 23.1. The molecule has 3 rings (SSSR count). The zero-order valence-corrected chi connectivity index (χ0v) is 18.8. The summed E-state index contributed by atoms with van der Waals surface area (Å²) in [6.07, 6.45) is 0.568. The number of primary amides is 2. The molecule has 1 aromatic carbocycles. The number of anilines is 2. The second-order valence-electron chi connectivity index (χ2n) is 7.86. The highest BCUT2D eigenvalue weighted by molar-refractivity contribution is 8.03. The van der Waals surface area contributed by atoms with Crippen molar-refractivity contribution in [1.82, 2.24) is 10.2 Å². The number of para-hydroxylation sites is 2. The number of hydrogen-bond donors (Lipinski definition) is 4. The SMILES string of the molecule is CNC(C)CC(=N)C1SC=C(C(N)=O)N1c1ccccc1N1CCN(CC(N)=O)CC1. The zero-order valence-electron chi connectivity index (χ0n) is 18.0. The molecule has 0 aromatic heterocycles. The van der Waals surface area contributed by atoms with E-state index in [2.05, 4.69) is 10.2 Å². The quantitative estimate of drug-likeness (QED) is 0.407. The van der Waals surface area contributed by atoms with Gasteiger partial charge in [0.2, 0.25) is 5.91 Å². The van der Waals surface area contributed by atoms with Crippen molar-refractivity contribution < 1.29 is 9.59 Å². The molecule has 2 heterocycles. The van der Waals surface area contributed by atoms with Crippen LogP contribution >= 0.6 is 11.8 Å². The van der Waals surface area contributed by atoms with Gasteiger partial charge in [0.25, 0.3) is 5.91 Å². The Labute approximate surface area is 187 Å². The van der Waals surface area contributed by atoms with Gasteiger partial charge in [-0.05, 0) is 26.1 Å². The fourth-order valence-corrected chi connectivity index (χ4v) is 4.98. The smallest absolute Gasteiger partial charge is 0.265 e. The Balaban J connectivity index is 1.87. The molecule has 2 unspecified atom stereocenters. The lowest BCUT2D eigenvalue weighted by atomic mass is 10.1. The Kier molecular flexibility index (Phi) is 7.58. The maximum Gasteiger partial charge on any atom is 0.265 e. The fraction of sp³-hybridized carbons (Fsp3) is 0.476. The lowest BCUT2D eigenvalue weighted by molar-refractivity contribution is -0.119. The molecule has 9 nitrogen and oxygen atoms in total. The van der Waals surface area contributed by atoms with Crippen molar-refractivity contribution in [3.8, 4) is 0 Å². The van der Waals surface area contributed by atoms with Gasteiger partial charge in [0.05, 0.1) is 17.9 Å². The summed E-state index contributed by atoms with van der Waals surface area (Å²) in [5.41, 5.74) is 13.8. The minimum atomic E-state index is -0.509. The number of nitrogens with zero attached hydrogens (tertiary/aromatic N) is 3. The summed E-state index contributed by atoms with van der Waals surface area (Å²) in [6.45, 7) is 5.21. The van der Waals surface area contributed by atoms with Crippen LogP contribution in [0.3, 0.4) is 0 Å². The molecule has 2 amide bonds. The molecule has 1 fully saturated rings. The van der Waals surface area contributed by atoms with Gasteiger partial charge in [0.1, 0.15) is 11.1 Å². The number of nitrogens with one attached hydrogen (secondary N) is 2. The number of rotatable bonds is 9. The molecule has 1 aromatic rings. The van der Waals surface area contributed by atoms with E-state index in [-0.39, 0.29) is 23.9 Å². The van der Waals surface area contributed by atoms with Gasteiger partial charge < -0.3 is 32.0 Å². The maximum atomic E-state index is 12.2. The highest BCUT2D eigenvalue weighted by Crippen LogP contribution is 2.41. The third-order valence-corrected chi connectivity index (χ3v) is 6.72. The van der Waals surface area contributed by atoms with Crippen molar-refractivity contribution in [2.24, 2.45) is 11.5 Å². The summed E-state index contributed by atoms with van der Waals surface area (Å²) in [7, 11) is 1.87. The van der Waals surface area contributed by atoms with E-state index < -0.39 is 5.91 Å². The molecule has 1 saturated heterocycles. The monoisotopic (exact) mass is 445 g/mol. The summed E-state index contributed by atoms with van der Waals surface area (Å²) in [6, 6.07) is 8.05. The highest BCUT2D eigenvalue weighted by Gasteiger charge is 2.36. The molecule has 0 radical (unpaired) electrons. The molecule has 2 aliphatic rings. The second-order valence-corrected chi connectivity index (χ2v) is 8.82. The molecular weight excluding hydrogens is 414 g/mol. The zero-order chi connectivity index (χ0) is 22.5. The Morgan fingerprint density at radius 2 is 1.84 bits per heavy atom. The van der Waals surface area contributed by atoms with Gasteiger partial charge in [-0.15, -0.1) is 11.8 Å². The van der Waals surface area contributed by atoms with Crippen LogP contribution < -0.4 is 26.6 Å². The van der Waals surface area contributed by atoms with Crippen molar-refractivity contribution in [2.45, 2.75) is 24.8 Å². The summed E-state index contributed by atoms with van der Waals surface area (Å²) >= 11 is 1.44. The lowest BCUT2D eigenvalue weighted by Crippen LogP contribution is -2.49. The number of benzene rings is 1. The average molecular weight is 446 g/mol. The topological polar surface area (TPSA) is 132 Å². The van der Waals surface area contributed by atoms with E-state index in [1.54, 1.807) is 5.41 Å². The van der Waals surface area contributed by atoms with Crippen molar-refractivity contribution in [1.29, 1.82) is 5.41 Å². The van der Waals surface area contributed by atoms with E-state index >= 15 is 0 Å². The number of piperazine rings is 1. The van der Waals surface area contributed by atoms with Crippen LogP contribution in [-0.4, -0.2) is 73.6 Å². The molecule has 0 bridgehead atoms. The predicted molar refractivity (Wildman–Crippen MR) is 126 cm³/mol. The first-order valence-corrected chi connectivity index (χ1v) is 11.3. The Bertz CT molecular complexity index is 867. The molecule has 6 N–H and O–H groups in total. The largest absolute Gasteiger partial charge is 0.369 e. The molecule has 31 heavy (non-hydrogen) atoms. The molecule has 0 spiro atoms. The van der Waals surface area contributed by atoms with Crippen LogP contribution in [0.4, 0.5) is 11.4 Å². The third kappa shape index (κ3) is 5.38. The van der Waals surface area contributed by atoms with Crippen LogP contribution in [0.2, 0.25) is 0 Å². The second kappa shape index (κ2) is 10.2. The molecule has 0 aliphatic carbocycles. The van der Waals surface area contributed by atoms with Crippen LogP contribution in [0.25, 0.3) is 0 Å². The number of carbonyl (C=O) groups is 2. The number of nitrogens with two attached hydrogens (primary N) is 2. The molecule has 168 valence electrons. The first-order chi connectivity index (χ1) is 14.8. The van der Waals surface area contributed by atoms with E-state index in [4.69, 9.17) is 16.9 Å². The minimum Gasteiger partial charge on any atom is -0.369 e. The van der Waals surface area contributed by atoms with Crippen LogP contribution in [0.1, 0.15) is 13.3 Å². The molecule has 2 atom stereocenters. The van der Waals surface area contributed by atoms with Gasteiger partial charge in [0, 0.05) is 49.8 Å². The number of thioether (sulfide) groups is 1. The van der Waals surface area contributed by atoms with Crippen molar-refractivity contribution >= 4 is 40.7 Å². The molecule has 0 saturated carbocycles. The van der Waals surface area contributed by atoms with Gasteiger partial charge >= 0.3 is 0 Å². The summed E-state index contributed by atoms with van der Waals surface area (Å²) < 4.78 is 0. The average Bonchev–Trinajstić information content (AvgIpc) is 3.19. The van der Waals surface area contributed by atoms with E-state index in [1.807, 2.05) is 48.0 Å². The molecular formula is C21H31N7O2S. The number of carbonyl (C=O) groups excluding carboxylic acids is 2. The Morgan fingerprint density at radius 1 is 1.19 bits per heavy atom. The number of hydrogen-bond acceptors (Lipinski definition) is 8. The fourth-order valence-electron chi connectivity index (χ4n) is 3.88. The van der Waals surface area contributed by atoms with Gasteiger partial charge in [-0.1, -0.05) is 12.1 Å². The van der Waals surface area contributed by atoms with Gasteiger partial charge in [-0.2, -0.15) is 0 Å². The predicted octanol–water partition coefficient (Wildman–Crippen LogP) is 0.518. The van der Waals surface area contributed by atoms with Gasteiger partial charge in [-0.3, -0.25) is 14.5 Å². The molecule has 10 heteroatoms. The highest BCUT2D eigenvalue weighted by atomic mass is 32.2. The Morgan fingerprint density at radius 3 is 2.42 bits per heavy atom. The van der Waals surface area contributed by atoms with Gasteiger partial charge in [-0.25, -0.2) is 0 Å². The summed E-state index contributed by atoms with van der Waals surface area (Å²) in [5.74, 6) is -0.832. The van der Waals surface area contributed by atoms with E-state index in [9.17, 15) is 9.59 Å². The van der Waals surface area contributed by atoms with Crippen LogP contribution in [-0.2, 0) is 9.59 Å². The lowest BCUT2D eigenvalue weighted by Gasteiger charge is -2.38. The van der Waals surface area contributed by atoms with Crippen molar-refractivity contribution in [2.75, 3.05) is 49.6 Å². The maximum absolute atomic E-state index is 12.2. The van der Waals surface area contributed by atoms with Crippen LogP contribution in [0.5, 0.6) is 0 Å². The van der Waals surface area contributed by atoms with Crippen molar-refractivity contribution in [3.63, 3.8) is 0 Å².